The SMILES string of the molecule is CC1(C)c2ccccc2-c2ccc(N(c3ccc(-c4ccccc4)cc3)c3cccc4oc5c(-c6cccc7oc8ccccc8c67)cc6ccccc6c5c34)cc21. The molecule has 1 aliphatic rings. The van der Waals surface area contributed by atoms with E-state index >= 15 is 0 Å². The van der Waals surface area contributed by atoms with Gasteiger partial charge in [0.05, 0.1) is 11.1 Å². The first-order valence-corrected chi connectivity index (χ1v) is 20.0. The van der Waals surface area contributed by atoms with Crippen LogP contribution in [0.2, 0.25) is 0 Å². The van der Waals surface area contributed by atoms with E-state index in [1.54, 1.807) is 0 Å². The van der Waals surface area contributed by atoms with Crippen molar-refractivity contribution in [3.8, 4) is 33.4 Å². The summed E-state index contributed by atoms with van der Waals surface area (Å²) in [5, 5.41) is 6.68. The highest BCUT2D eigenvalue weighted by Crippen LogP contribution is 2.53. The van der Waals surface area contributed by atoms with Crippen molar-refractivity contribution in [3.05, 3.63) is 199 Å². The Morgan fingerprint density at radius 1 is 0.397 bits per heavy atom. The topological polar surface area (TPSA) is 29.5 Å². The molecule has 0 radical (unpaired) electrons. The van der Waals surface area contributed by atoms with Gasteiger partial charge in [-0.05, 0) is 104 Å². The number of benzene rings is 9. The molecule has 0 amide bonds. The van der Waals surface area contributed by atoms with Gasteiger partial charge in [-0.25, -0.2) is 0 Å². The Bertz CT molecular complexity index is 3420. The first kappa shape index (κ1) is 32.8. The molecule has 2 aromatic heterocycles. The summed E-state index contributed by atoms with van der Waals surface area (Å²) in [5.41, 5.74) is 16.3. The minimum atomic E-state index is -0.150. The third-order valence-electron chi connectivity index (χ3n) is 12.5. The van der Waals surface area contributed by atoms with Gasteiger partial charge in [-0.1, -0.05) is 147 Å². The predicted octanol–water partition coefficient (Wildman–Crippen LogP) is 15.7. The largest absolute Gasteiger partial charge is 0.456 e. The zero-order chi connectivity index (χ0) is 38.5. The standard InChI is InChI=1S/C55H37NO2/c1-55(2)45-21-10-8-18-40(45)41-31-30-38(33-46(41)55)56(37-28-26-35(27-29-37)34-14-4-3-5-15-34)47-22-13-25-50-53(47)52-39-17-7-6-16-36(39)32-44(54(52)58-50)42-20-12-24-49-51(42)43-19-9-11-23-48(43)57-49/h3-33H,1-2H3. The molecule has 0 N–H and O–H groups in total. The molecular weight excluding hydrogens is 707 g/mol. The van der Waals surface area contributed by atoms with Crippen LogP contribution in [0.25, 0.3) is 88.0 Å². The fraction of sp³-hybridized carbons (Fsp3) is 0.0545. The maximum atomic E-state index is 7.12. The van der Waals surface area contributed by atoms with Crippen LogP contribution in [-0.4, -0.2) is 0 Å². The molecule has 0 aliphatic heterocycles. The Labute approximate surface area is 336 Å². The normalized spacial score (nSPS) is 13.1. The molecule has 12 rings (SSSR count). The Kier molecular flexibility index (Phi) is 6.98. The van der Waals surface area contributed by atoms with Crippen molar-refractivity contribution in [2.45, 2.75) is 19.3 Å². The van der Waals surface area contributed by atoms with E-state index in [4.69, 9.17) is 8.83 Å². The molecule has 0 saturated carbocycles. The molecule has 0 spiro atoms. The molecule has 1 aliphatic carbocycles. The molecule has 0 unspecified atom stereocenters. The Hall–Kier alpha value is -7.36. The quantitative estimate of drug-likeness (QED) is 0.176. The second-order valence-corrected chi connectivity index (χ2v) is 16.0. The zero-order valence-corrected chi connectivity index (χ0v) is 32.2. The summed E-state index contributed by atoms with van der Waals surface area (Å²) < 4.78 is 13.5. The van der Waals surface area contributed by atoms with Gasteiger partial charge in [0.25, 0.3) is 0 Å². The van der Waals surface area contributed by atoms with E-state index in [0.29, 0.717) is 0 Å². The van der Waals surface area contributed by atoms with Crippen LogP contribution >= 0.6 is 0 Å². The fourth-order valence-electron chi connectivity index (χ4n) is 9.73. The molecule has 0 saturated heterocycles. The van der Waals surface area contributed by atoms with Crippen molar-refractivity contribution in [1.82, 2.24) is 0 Å². The summed E-state index contributed by atoms with van der Waals surface area (Å²) in [4.78, 5) is 2.43. The number of furan rings is 2. The Balaban J connectivity index is 1.15. The van der Waals surface area contributed by atoms with Gasteiger partial charge in [0.2, 0.25) is 0 Å². The summed E-state index contributed by atoms with van der Waals surface area (Å²) in [6.07, 6.45) is 0. The van der Waals surface area contributed by atoms with Crippen LogP contribution in [0.1, 0.15) is 25.0 Å². The van der Waals surface area contributed by atoms with Crippen molar-refractivity contribution in [3.63, 3.8) is 0 Å². The van der Waals surface area contributed by atoms with Crippen LogP contribution in [0, 0.1) is 0 Å². The third kappa shape index (κ3) is 4.74. The number of anilines is 3. The van der Waals surface area contributed by atoms with E-state index in [1.807, 2.05) is 12.1 Å². The number of hydrogen-bond donors (Lipinski definition) is 0. The van der Waals surface area contributed by atoms with Gasteiger partial charge in [-0.2, -0.15) is 0 Å². The van der Waals surface area contributed by atoms with Gasteiger partial charge >= 0.3 is 0 Å². The number of fused-ring (bicyclic) bond motifs is 11. The van der Waals surface area contributed by atoms with Gasteiger partial charge in [-0.15, -0.1) is 0 Å². The van der Waals surface area contributed by atoms with Crippen molar-refractivity contribution in [2.75, 3.05) is 4.90 Å². The predicted molar refractivity (Wildman–Crippen MR) is 242 cm³/mol. The molecule has 0 atom stereocenters. The minimum Gasteiger partial charge on any atom is -0.456 e. The van der Waals surface area contributed by atoms with Crippen molar-refractivity contribution in [1.29, 1.82) is 0 Å². The Morgan fingerprint density at radius 2 is 1.03 bits per heavy atom. The highest BCUT2D eigenvalue weighted by Gasteiger charge is 2.36. The summed E-state index contributed by atoms with van der Waals surface area (Å²) in [7, 11) is 0. The van der Waals surface area contributed by atoms with E-state index in [-0.39, 0.29) is 5.41 Å². The van der Waals surface area contributed by atoms with E-state index < -0.39 is 0 Å². The Morgan fingerprint density at radius 3 is 1.90 bits per heavy atom. The highest BCUT2D eigenvalue weighted by molar-refractivity contribution is 6.27. The zero-order valence-electron chi connectivity index (χ0n) is 32.2. The maximum absolute atomic E-state index is 7.12. The lowest BCUT2D eigenvalue weighted by molar-refractivity contribution is 0.660. The maximum Gasteiger partial charge on any atom is 0.143 e. The fourth-order valence-corrected chi connectivity index (χ4v) is 9.73. The van der Waals surface area contributed by atoms with Crippen molar-refractivity contribution < 1.29 is 8.83 Å². The van der Waals surface area contributed by atoms with Gasteiger partial charge < -0.3 is 13.7 Å². The molecule has 274 valence electrons. The molecule has 3 heteroatoms. The van der Waals surface area contributed by atoms with Crippen LogP contribution in [0.5, 0.6) is 0 Å². The lowest BCUT2D eigenvalue weighted by Gasteiger charge is -2.29. The average molecular weight is 744 g/mol. The van der Waals surface area contributed by atoms with E-state index in [1.165, 1.54) is 33.4 Å². The lowest BCUT2D eigenvalue weighted by Crippen LogP contribution is -2.16. The first-order valence-electron chi connectivity index (χ1n) is 20.0. The van der Waals surface area contributed by atoms with Crippen LogP contribution in [-0.2, 0) is 5.41 Å². The highest BCUT2D eigenvalue weighted by atomic mass is 16.3. The van der Waals surface area contributed by atoms with E-state index in [9.17, 15) is 0 Å². The van der Waals surface area contributed by atoms with Crippen LogP contribution < -0.4 is 4.90 Å². The number of nitrogens with zero attached hydrogens (tertiary/aromatic N) is 1. The summed E-state index contributed by atoms with van der Waals surface area (Å²) >= 11 is 0. The van der Waals surface area contributed by atoms with Gasteiger partial charge in [-0.3, -0.25) is 0 Å². The summed E-state index contributed by atoms with van der Waals surface area (Å²) in [6, 6.07) is 67.6. The minimum absolute atomic E-state index is 0.150. The monoisotopic (exact) mass is 743 g/mol. The summed E-state index contributed by atoms with van der Waals surface area (Å²) in [6.45, 7) is 4.70. The van der Waals surface area contributed by atoms with Gasteiger partial charge in [0.1, 0.15) is 22.3 Å². The van der Waals surface area contributed by atoms with E-state index in [0.717, 1.165) is 82.8 Å². The molecule has 0 fully saturated rings. The molecule has 0 bridgehead atoms. The third-order valence-corrected chi connectivity index (χ3v) is 12.5. The van der Waals surface area contributed by atoms with Crippen molar-refractivity contribution >= 4 is 71.7 Å². The second kappa shape index (κ2) is 12.3. The smallest absolute Gasteiger partial charge is 0.143 e. The number of rotatable bonds is 5. The van der Waals surface area contributed by atoms with Gasteiger partial charge in [0.15, 0.2) is 0 Å². The molecule has 2 heterocycles. The molecule has 58 heavy (non-hydrogen) atoms. The van der Waals surface area contributed by atoms with Crippen LogP contribution in [0.15, 0.2) is 197 Å². The lowest BCUT2D eigenvalue weighted by atomic mass is 9.82. The van der Waals surface area contributed by atoms with Crippen LogP contribution in [0.4, 0.5) is 17.1 Å². The number of para-hydroxylation sites is 1. The van der Waals surface area contributed by atoms with Crippen molar-refractivity contribution in [2.24, 2.45) is 0 Å². The molecule has 9 aromatic carbocycles. The molecule has 3 nitrogen and oxygen atoms in total. The molecular formula is C55H37NO2. The van der Waals surface area contributed by atoms with Crippen LogP contribution in [0.3, 0.4) is 0 Å². The average Bonchev–Trinajstić information content (AvgIpc) is 3.93. The molecule has 11 aromatic rings. The van der Waals surface area contributed by atoms with E-state index in [2.05, 4.69) is 195 Å². The summed E-state index contributed by atoms with van der Waals surface area (Å²) in [5.74, 6) is 0. The van der Waals surface area contributed by atoms with Gasteiger partial charge in [0, 0.05) is 38.5 Å². The number of hydrogen-bond acceptors (Lipinski definition) is 3. The first-order chi connectivity index (χ1) is 28.5. The second-order valence-electron chi connectivity index (χ2n) is 16.0.